The molecule has 2 heterocycles. The minimum absolute atomic E-state index is 0.00646. The molecule has 0 amide bonds. The number of carbonyl (C=O) groups is 3. The van der Waals surface area contributed by atoms with Crippen LogP contribution in [0.1, 0.15) is 62.5 Å². The molecular formula is C29H34O9. The first kappa shape index (κ1) is 27.4. The van der Waals surface area contributed by atoms with Crippen molar-refractivity contribution in [3.8, 4) is 11.5 Å². The van der Waals surface area contributed by atoms with Crippen LogP contribution in [0.15, 0.2) is 36.4 Å². The zero-order valence-corrected chi connectivity index (χ0v) is 22.2. The van der Waals surface area contributed by atoms with E-state index in [-0.39, 0.29) is 13.0 Å². The number of hydrogen-bond acceptors (Lipinski definition) is 9. The highest BCUT2D eigenvalue weighted by molar-refractivity contribution is 5.67. The van der Waals surface area contributed by atoms with Crippen LogP contribution >= 0.6 is 0 Å². The van der Waals surface area contributed by atoms with Crippen LogP contribution in [-0.2, 0) is 46.2 Å². The Morgan fingerprint density at radius 1 is 0.868 bits per heavy atom. The quantitative estimate of drug-likeness (QED) is 0.374. The van der Waals surface area contributed by atoms with Gasteiger partial charge in [-0.25, -0.2) is 0 Å². The molecule has 2 aromatic carbocycles. The van der Waals surface area contributed by atoms with Crippen molar-refractivity contribution in [3.63, 3.8) is 0 Å². The molecule has 2 aliphatic heterocycles. The predicted molar refractivity (Wildman–Crippen MR) is 136 cm³/mol. The molecule has 0 aliphatic carbocycles. The molecule has 9 nitrogen and oxygen atoms in total. The van der Waals surface area contributed by atoms with Crippen molar-refractivity contribution in [2.75, 3.05) is 19.8 Å². The minimum atomic E-state index is -0.861. The second kappa shape index (κ2) is 12.3. The minimum Gasteiger partial charge on any atom is -0.486 e. The van der Waals surface area contributed by atoms with Crippen LogP contribution in [0.5, 0.6) is 11.5 Å². The van der Waals surface area contributed by atoms with Crippen LogP contribution in [0.2, 0.25) is 0 Å². The van der Waals surface area contributed by atoms with Gasteiger partial charge in [0.1, 0.15) is 32.0 Å². The summed E-state index contributed by atoms with van der Waals surface area (Å²) in [6.45, 7) is 7.06. The lowest BCUT2D eigenvalue weighted by Gasteiger charge is -2.40. The first-order valence-corrected chi connectivity index (χ1v) is 12.9. The molecule has 1 unspecified atom stereocenters. The highest BCUT2D eigenvalue weighted by Crippen LogP contribution is 2.37. The van der Waals surface area contributed by atoms with Crippen molar-refractivity contribution in [1.82, 2.24) is 0 Å². The van der Waals surface area contributed by atoms with Crippen LogP contribution in [0, 0.1) is 0 Å². The van der Waals surface area contributed by atoms with Gasteiger partial charge in [-0.2, -0.15) is 0 Å². The van der Waals surface area contributed by atoms with E-state index < -0.39 is 42.3 Å². The van der Waals surface area contributed by atoms with Gasteiger partial charge in [0.15, 0.2) is 17.6 Å². The molecule has 0 aromatic heterocycles. The molecule has 2 aliphatic rings. The molecule has 1 fully saturated rings. The molecular weight excluding hydrogens is 492 g/mol. The van der Waals surface area contributed by atoms with Crippen LogP contribution in [0.25, 0.3) is 0 Å². The normalized spacial score (nSPS) is 22.3. The lowest BCUT2D eigenvalue weighted by molar-refractivity contribution is -0.214. The van der Waals surface area contributed by atoms with Crippen molar-refractivity contribution >= 4 is 17.9 Å². The van der Waals surface area contributed by atoms with Gasteiger partial charge in [0.2, 0.25) is 0 Å². The lowest BCUT2D eigenvalue weighted by Crippen LogP contribution is -2.49. The van der Waals surface area contributed by atoms with Crippen LogP contribution in [-0.4, -0.2) is 56.0 Å². The van der Waals surface area contributed by atoms with Gasteiger partial charge in [-0.3, -0.25) is 14.4 Å². The summed E-state index contributed by atoms with van der Waals surface area (Å²) in [6, 6.07) is 11.9. The number of benzene rings is 2. The molecule has 204 valence electrons. The van der Waals surface area contributed by atoms with Crippen molar-refractivity contribution in [2.45, 2.75) is 71.4 Å². The van der Waals surface area contributed by atoms with E-state index in [0.717, 1.165) is 40.2 Å². The van der Waals surface area contributed by atoms with Crippen molar-refractivity contribution in [1.29, 1.82) is 0 Å². The summed E-state index contributed by atoms with van der Waals surface area (Å²) in [6.07, 6.45) is -1.22. The van der Waals surface area contributed by atoms with Gasteiger partial charge in [0.05, 0.1) is 6.10 Å². The molecule has 1 saturated heterocycles. The number of hydrogen-bond donors (Lipinski definition) is 0. The molecule has 0 bridgehead atoms. The maximum absolute atomic E-state index is 12.0. The highest BCUT2D eigenvalue weighted by atomic mass is 16.6. The van der Waals surface area contributed by atoms with E-state index in [1.165, 1.54) is 20.8 Å². The molecule has 38 heavy (non-hydrogen) atoms. The number of carbonyl (C=O) groups excluding carboxylic acids is 3. The highest BCUT2D eigenvalue weighted by Gasteiger charge is 2.44. The van der Waals surface area contributed by atoms with Crippen LogP contribution < -0.4 is 9.47 Å². The van der Waals surface area contributed by atoms with Crippen molar-refractivity contribution in [3.05, 3.63) is 58.7 Å². The second-order valence-electron chi connectivity index (χ2n) is 9.48. The van der Waals surface area contributed by atoms with E-state index in [9.17, 15) is 14.4 Å². The summed E-state index contributed by atoms with van der Waals surface area (Å²) in [5, 5.41) is 0. The average molecular weight is 527 g/mol. The Morgan fingerprint density at radius 3 is 2.29 bits per heavy atom. The van der Waals surface area contributed by atoms with Gasteiger partial charge in [-0.1, -0.05) is 31.2 Å². The molecule has 0 spiro atoms. The Kier molecular flexibility index (Phi) is 8.89. The summed E-state index contributed by atoms with van der Waals surface area (Å²) in [5.74, 6) is 0.0106. The van der Waals surface area contributed by atoms with Gasteiger partial charge >= 0.3 is 17.9 Å². The van der Waals surface area contributed by atoms with Crippen molar-refractivity contribution < 1.29 is 42.8 Å². The lowest BCUT2D eigenvalue weighted by atomic mass is 9.89. The molecule has 4 atom stereocenters. The van der Waals surface area contributed by atoms with E-state index in [1.54, 1.807) is 0 Å². The zero-order chi connectivity index (χ0) is 27.2. The largest absolute Gasteiger partial charge is 0.486 e. The smallest absolute Gasteiger partial charge is 0.303 e. The molecule has 0 N–H and O–H groups in total. The molecule has 9 heteroatoms. The number of ether oxygens (including phenoxy) is 6. The standard InChI is InChI=1S/C29H34O9/c1-5-21-7-8-22(14-23(21)12-20-6-9-25-26(13-20)34-11-10-33-25)28-29(37-19(4)32)27(36-18(3)31)15-24(38-28)16-35-17(2)30/h6-9,13-14,24,27-29H,5,10-12,15-16H2,1-4H3/t24-,27-,28-,29?/m0/s1. The Bertz CT molecular complexity index is 1170. The van der Waals surface area contributed by atoms with E-state index in [2.05, 4.69) is 6.92 Å². The first-order chi connectivity index (χ1) is 18.2. The third-order valence-corrected chi connectivity index (χ3v) is 6.53. The monoisotopic (exact) mass is 526 g/mol. The van der Waals surface area contributed by atoms with Crippen LogP contribution in [0.3, 0.4) is 0 Å². The predicted octanol–water partition coefficient (Wildman–Crippen LogP) is 3.87. The van der Waals surface area contributed by atoms with Gasteiger partial charge in [-0.05, 0) is 47.2 Å². The van der Waals surface area contributed by atoms with E-state index in [0.29, 0.717) is 19.6 Å². The Labute approximate surface area is 222 Å². The fourth-order valence-electron chi connectivity index (χ4n) is 4.92. The van der Waals surface area contributed by atoms with Gasteiger partial charge in [0.25, 0.3) is 0 Å². The third-order valence-electron chi connectivity index (χ3n) is 6.53. The van der Waals surface area contributed by atoms with Gasteiger partial charge < -0.3 is 28.4 Å². The maximum atomic E-state index is 12.0. The third kappa shape index (κ3) is 6.83. The number of aryl methyl sites for hydroxylation is 1. The SMILES string of the molecule is CCc1ccc([C@@H]2O[C@H](COC(C)=O)C[C@H](OC(C)=O)C2OC(C)=O)cc1Cc1ccc2c(c1)OCCO2. The van der Waals surface area contributed by atoms with Crippen molar-refractivity contribution in [2.24, 2.45) is 0 Å². The van der Waals surface area contributed by atoms with E-state index in [4.69, 9.17) is 28.4 Å². The molecule has 0 radical (unpaired) electrons. The summed E-state index contributed by atoms with van der Waals surface area (Å²) < 4.78 is 34.1. The maximum Gasteiger partial charge on any atom is 0.303 e. The summed E-state index contributed by atoms with van der Waals surface area (Å²) in [4.78, 5) is 35.4. The number of esters is 3. The average Bonchev–Trinajstić information content (AvgIpc) is 2.88. The van der Waals surface area contributed by atoms with Crippen LogP contribution in [0.4, 0.5) is 0 Å². The van der Waals surface area contributed by atoms with Gasteiger partial charge in [-0.15, -0.1) is 0 Å². The number of rotatable bonds is 8. The molecule has 2 aromatic rings. The summed E-state index contributed by atoms with van der Waals surface area (Å²) >= 11 is 0. The zero-order valence-electron chi connectivity index (χ0n) is 22.2. The Morgan fingerprint density at radius 2 is 1.61 bits per heavy atom. The first-order valence-electron chi connectivity index (χ1n) is 12.9. The van der Waals surface area contributed by atoms with E-state index >= 15 is 0 Å². The second-order valence-corrected chi connectivity index (χ2v) is 9.48. The molecule has 0 saturated carbocycles. The Hall–Kier alpha value is -3.59. The fourth-order valence-corrected chi connectivity index (χ4v) is 4.92. The van der Waals surface area contributed by atoms with Gasteiger partial charge in [0, 0.05) is 27.2 Å². The van der Waals surface area contributed by atoms with E-state index in [1.807, 2.05) is 36.4 Å². The number of fused-ring (bicyclic) bond motifs is 1. The fraction of sp³-hybridized carbons (Fsp3) is 0.483. The molecule has 4 rings (SSSR count). The summed E-state index contributed by atoms with van der Waals surface area (Å²) in [5.41, 5.74) is 4.08. The summed E-state index contributed by atoms with van der Waals surface area (Å²) in [7, 11) is 0. The Balaban J connectivity index is 1.67. The topological polar surface area (TPSA) is 107 Å².